The Bertz CT molecular complexity index is 587. The fraction of sp³-hybridized carbons (Fsp3) is 0.714. The summed E-state index contributed by atoms with van der Waals surface area (Å²) in [4.78, 5) is 46.8. The van der Waals surface area contributed by atoms with Crippen LogP contribution in [0.1, 0.15) is 27.7 Å². The SMILES string of the molecule is CC(=O)C(O)[C@H]1O[C@@](O)(C(C)=O)[C@@H](F)[C@](O)(C(C)=O)[C@]1(O)C(C)=O. The summed E-state index contributed by atoms with van der Waals surface area (Å²) >= 11 is 0. The Kier molecular flexibility index (Phi) is 5.15. The number of halogens is 1. The van der Waals surface area contributed by atoms with Gasteiger partial charge in [0.1, 0.15) is 12.2 Å². The van der Waals surface area contributed by atoms with E-state index in [4.69, 9.17) is 0 Å². The zero-order valence-corrected chi connectivity index (χ0v) is 13.4. The van der Waals surface area contributed by atoms with E-state index in [-0.39, 0.29) is 0 Å². The summed E-state index contributed by atoms with van der Waals surface area (Å²) in [5, 5.41) is 41.1. The summed E-state index contributed by atoms with van der Waals surface area (Å²) in [7, 11) is 0. The molecule has 0 spiro atoms. The quantitative estimate of drug-likeness (QED) is 0.424. The van der Waals surface area contributed by atoms with Gasteiger partial charge in [-0.05, 0) is 20.8 Å². The van der Waals surface area contributed by atoms with Crippen LogP contribution in [-0.4, -0.2) is 78.9 Å². The van der Waals surface area contributed by atoms with Crippen molar-refractivity contribution in [2.45, 2.75) is 63.1 Å². The molecule has 6 atom stereocenters. The number of alkyl halides is 1. The highest BCUT2D eigenvalue weighted by Crippen LogP contribution is 2.46. The van der Waals surface area contributed by atoms with Gasteiger partial charge in [0, 0.05) is 6.92 Å². The lowest BCUT2D eigenvalue weighted by Crippen LogP contribution is -2.83. The number of carbonyl (C=O) groups excluding carboxylic acids is 4. The number of carbonyl (C=O) groups is 4. The van der Waals surface area contributed by atoms with Crippen LogP contribution in [0.3, 0.4) is 0 Å². The van der Waals surface area contributed by atoms with E-state index in [9.17, 15) is 44.0 Å². The van der Waals surface area contributed by atoms with Gasteiger partial charge in [0.15, 0.2) is 34.3 Å². The molecule has 0 aromatic heterocycles. The van der Waals surface area contributed by atoms with Crippen molar-refractivity contribution in [3.63, 3.8) is 0 Å². The third-order valence-corrected chi connectivity index (χ3v) is 4.29. The maximum atomic E-state index is 14.7. The molecule has 1 heterocycles. The van der Waals surface area contributed by atoms with Crippen molar-refractivity contribution < 1.29 is 48.7 Å². The van der Waals surface area contributed by atoms with Gasteiger partial charge in [0.05, 0.1) is 0 Å². The van der Waals surface area contributed by atoms with E-state index >= 15 is 0 Å². The van der Waals surface area contributed by atoms with E-state index in [0.717, 1.165) is 6.92 Å². The highest BCUT2D eigenvalue weighted by Gasteiger charge is 2.76. The first-order valence-electron chi connectivity index (χ1n) is 6.89. The van der Waals surface area contributed by atoms with E-state index in [1.807, 2.05) is 0 Å². The van der Waals surface area contributed by atoms with Crippen LogP contribution in [0.4, 0.5) is 4.39 Å². The first-order chi connectivity index (χ1) is 10.7. The summed E-state index contributed by atoms with van der Waals surface area (Å²) in [6.45, 7) is 2.73. The number of hydrogen-bond acceptors (Lipinski definition) is 9. The van der Waals surface area contributed by atoms with Crippen LogP contribution < -0.4 is 0 Å². The van der Waals surface area contributed by atoms with Gasteiger partial charge in [-0.15, -0.1) is 0 Å². The van der Waals surface area contributed by atoms with Crippen LogP contribution in [0, 0.1) is 0 Å². The second kappa shape index (κ2) is 6.05. The lowest BCUT2D eigenvalue weighted by molar-refractivity contribution is -0.359. The number of hydrogen-bond donors (Lipinski definition) is 4. The van der Waals surface area contributed by atoms with Crippen molar-refractivity contribution in [3.8, 4) is 0 Å². The molecule has 24 heavy (non-hydrogen) atoms. The summed E-state index contributed by atoms with van der Waals surface area (Å²) in [5.74, 6) is -8.91. The molecule has 0 radical (unpaired) electrons. The lowest BCUT2D eigenvalue weighted by Gasteiger charge is -2.54. The van der Waals surface area contributed by atoms with Gasteiger partial charge < -0.3 is 25.2 Å². The largest absolute Gasteiger partial charge is 0.382 e. The molecule has 0 aliphatic carbocycles. The van der Waals surface area contributed by atoms with Crippen molar-refractivity contribution in [3.05, 3.63) is 0 Å². The van der Waals surface area contributed by atoms with Crippen LogP contribution in [0.2, 0.25) is 0 Å². The number of ketones is 4. The smallest absolute Gasteiger partial charge is 0.262 e. The van der Waals surface area contributed by atoms with E-state index in [1.165, 1.54) is 0 Å². The van der Waals surface area contributed by atoms with Crippen LogP contribution in [0.15, 0.2) is 0 Å². The second-order valence-corrected chi connectivity index (χ2v) is 5.85. The zero-order chi connectivity index (χ0) is 19.2. The van der Waals surface area contributed by atoms with Crippen molar-refractivity contribution >= 4 is 23.1 Å². The standard InChI is InChI=1S/C14H19FO9/c1-5(16)9(20)10-12(21,6(2)17)13(22,7(3)18)11(15)14(23,24-10)8(4)19/h9-11,20-23H,1-4H3/t9?,10-,11+,12+,13-,14+/m1/s1. The maximum absolute atomic E-state index is 14.7. The van der Waals surface area contributed by atoms with Gasteiger partial charge in [-0.3, -0.25) is 19.2 Å². The predicted octanol–water partition coefficient (Wildman–Crippen LogP) is -2.41. The molecular formula is C14H19FO9. The number of aliphatic hydroxyl groups excluding tert-OH is 1. The second-order valence-electron chi connectivity index (χ2n) is 5.85. The van der Waals surface area contributed by atoms with Gasteiger partial charge in [-0.1, -0.05) is 0 Å². The van der Waals surface area contributed by atoms with E-state index < -0.39 is 58.5 Å². The van der Waals surface area contributed by atoms with Crippen LogP contribution >= 0.6 is 0 Å². The van der Waals surface area contributed by atoms with Gasteiger partial charge in [0.25, 0.3) is 5.79 Å². The molecule has 4 N–H and O–H groups in total. The Hall–Kier alpha value is -1.59. The van der Waals surface area contributed by atoms with Gasteiger partial charge in [-0.2, -0.15) is 0 Å². The molecule has 0 aromatic rings. The summed E-state index contributed by atoms with van der Waals surface area (Å²) in [6, 6.07) is 0. The Balaban J connectivity index is 3.81. The van der Waals surface area contributed by atoms with Crippen LogP contribution in [0.25, 0.3) is 0 Å². The third-order valence-electron chi connectivity index (χ3n) is 4.29. The molecular weight excluding hydrogens is 331 g/mol. The van der Waals surface area contributed by atoms with Crippen molar-refractivity contribution in [2.75, 3.05) is 0 Å². The third kappa shape index (κ3) is 2.42. The summed E-state index contributed by atoms with van der Waals surface area (Å²) in [6.07, 6.45) is -8.07. The monoisotopic (exact) mass is 350 g/mol. The molecule has 136 valence electrons. The predicted molar refractivity (Wildman–Crippen MR) is 73.3 cm³/mol. The topological polar surface area (TPSA) is 158 Å². The van der Waals surface area contributed by atoms with Gasteiger partial charge in [-0.25, -0.2) is 4.39 Å². The van der Waals surface area contributed by atoms with E-state index in [2.05, 4.69) is 4.74 Å². The molecule has 1 rings (SSSR count). The molecule has 10 heteroatoms. The molecule has 1 unspecified atom stereocenters. The Labute approximate surface area is 136 Å². The summed E-state index contributed by atoms with van der Waals surface area (Å²) < 4.78 is 19.4. The normalized spacial score (nSPS) is 40.7. The van der Waals surface area contributed by atoms with Crippen LogP contribution in [-0.2, 0) is 23.9 Å². The minimum Gasteiger partial charge on any atom is -0.382 e. The zero-order valence-electron chi connectivity index (χ0n) is 13.4. The fourth-order valence-electron chi connectivity index (χ4n) is 2.71. The lowest BCUT2D eigenvalue weighted by atomic mass is 9.65. The molecule has 1 aliphatic heterocycles. The summed E-state index contributed by atoms with van der Waals surface area (Å²) in [5.41, 5.74) is -7.07. The Morgan fingerprint density at radius 3 is 1.62 bits per heavy atom. The molecule has 0 amide bonds. The van der Waals surface area contributed by atoms with Gasteiger partial charge in [0.2, 0.25) is 6.17 Å². The molecule has 0 bridgehead atoms. The number of Topliss-reactive ketones (excluding diaryl/α,β-unsaturated/α-hetero) is 4. The van der Waals surface area contributed by atoms with Crippen molar-refractivity contribution in [1.29, 1.82) is 0 Å². The molecule has 0 aromatic carbocycles. The van der Waals surface area contributed by atoms with E-state index in [1.54, 1.807) is 0 Å². The molecule has 9 nitrogen and oxygen atoms in total. The highest BCUT2D eigenvalue weighted by molar-refractivity contribution is 6.01. The van der Waals surface area contributed by atoms with Crippen molar-refractivity contribution in [1.82, 2.24) is 0 Å². The first kappa shape index (κ1) is 20.5. The average molecular weight is 350 g/mol. The molecule has 1 aliphatic rings. The van der Waals surface area contributed by atoms with Crippen LogP contribution in [0.5, 0.6) is 0 Å². The molecule has 1 fully saturated rings. The average Bonchev–Trinajstić information content (AvgIpc) is 2.47. The van der Waals surface area contributed by atoms with Crippen molar-refractivity contribution in [2.24, 2.45) is 0 Å². The maximum Gasteiger partial charge on any atom is 0.262 e. The minimum atomic E-state index is -3.64. The Morgan fingerprint density at radius 1 is 0.917 bits per heavy atom. The highest BCUT2D eigenvalue weighted by atomic mass is 19.1. The fourth-order valence-corrected chi connectivity index (χ4v) is 2.71. The number of aliphatic hydroxyl groups is 4. The van der Waals surface area contributed by atoms with E-state index in [0.29, 0.717) is 20.8 Å². The first-order valence-corrected chi connectivity index (χ1v) is 6.89. The minimum absolute atomic E-state index is 0.601. The van der Waals surface area contributed by atoms with Gasteiger partial charge >= 0.3 is 0 Å². The number of rotatable bonds is 5. The number of ether oxygens (including phenoxy) is 1. The molecule has 1 saturated heterocycles. The Morgan fingerprint density at radius 2 is 1.33 bits per heavy atom. The molecule has 0 saturated carbocycles.